The first-order valence-corrected chi connectivity index (χ1v) is 14.7. The lowest BCUT2D eigenvalue weighted by atomic mass is 10.1. The van der Waals surface area contributed by atoms with E-state index in [4.69, 9.17) is 11.6 Å². The number of hydrogen-bond donors (Lipinski definition) is 1. The largest absolute Gasteiger partial charge is 0.354 e. The van der Waals surface area contributed by atoms with Crippen molar-refractivity contribution in [1.29, 1.82) is 0 Å². The van der Waals surface area contributed by atoms with Crippen LogP contribution in [0.4, 0.5) is 5.69 Å². The maximum absolute atomic E-state index is 14.0. The van der Waals surface area contributed by atoms with Gasteiger partial charge in [0.2, 0.25) is 11.8 Å². The average molecular weight is 570 g/mol. The number of carbonyl (C=O) groups excluding carboxylic acids is 2. The van der Waals surface area contributed by atoms with E-state index < -0.39 is 28.5 Å². The quantitative estimate of drug-likeness (QED) is 0.338. The lowest BCUT2D eigenvalue weighted by molar-refractivity contribution is -0.139. The number of aryl methyl sites for hydroxylation is 1. The second-order valence-electron chi connectivity index (χ2n) is 9.97. The summed E-state index contributed by atoms with van der Waals surface area (Å²) in [5.41, 5.74) is 2.69. The highest BCUT2D eigenvalue weighted by molar-refractivity contribution is 7.92. The Kier molecular flexibility index (Phi) is 10.2. The van der Waals surface area contributed by atoms with Gasteiger partial charge in [0.1, 0.15) is 12.6 Å². The van der Waals surface area contributed by atoms with Crippen LogP contribution in [0.2, 0.25) is 5.02 Å². The second-order valence-corrected chi connectivity index (χ2v) is 12.2. The molecule has 0 aromatic heterocycles. The fourth-order valence-corrected chi connectivity index (χ4v) is 5.77. The van der Waals surface area contributed by atoms with Gasteiger partial charge in [-0.3, -0.25) is 13.9 Å². The molecule has 0 spiro atoms. The van der Waals surface area contributed by atoms with Gasteiger partial charge in [0.05, 0.1) is 10.6 Å². The zero-order valence-electron chi connectivity index (χ0n) is 23.0. The van der Waals surface area contributed by atoms with E-state index in [9.17, 15) is 18.0 Å². The second kappa shape index (κ2) is 13.1. The van der Waals surface area contributed by atoms with Crippen LogP contribution < -0.4 is 9.62 Å². The first-order valence-electron chi connectivity index (χ1n) is 12.9. The zero-order valence-corrected chi connectivity index (χ0v) is 24.6. The molecule has 0 aliphatic heterocycles. The Labute approximate surface area is 236 Å². The van der Waals surface area contributed by atoms with E-state index in [1.165, 1.54) is 17.0 Å². The van der Waals surface area contributed by atoms with Crippen molar-refractivity contribution in [3.8, 4) is 0 Å². The molecule has 3 aromatic rings. The Balaban J connectivity index is 2.05. The molecule has 9 heteroatoms. The van der Waals surface area contributed by atoms with Gasteiger partial charge in [0.25, 0.3) is 10.0 Å². The van der Waals surface area contributed by atoms with Gasteiger partial charge >= 0.3 is 0 Å². The summed E-state index contributed by atoms with van der Waals surface area (Å²) in [7, 11) is -4.11. The van der Waals surface area contributed by atoms with E-state index in [1.54, 1.807) is 61.5 Å². The minimum atomic E-state index is -4.11. The fraction of sp³-hybridized carbons (Fsp3) is 0.333. The molecule has 208 valence electrons. The van der Waals surface area contributed by atoms with Crippen LogP contribution in [0, 0.1) is 19.8 Å². The minimum Gasteiger partial charge on any atom is -0.354 e. The topological polar surface area (TPSA) is 86.8 Å². The number of nitrogens with zero attached hydrogens (tertiary/aromatic N) is 2. The number of carbonyl (C=O) groups is 2. The highest BCUT2D eigenvalue weighted by Crippen LogP contribution is 2.29. The Bertz CT molecular complexity index is 1410. The molecule has 0 fully saturated rings. The standard InChI is InChI=1S/C30H36ClN3O4S/c1-21(2)18-32-30(36)24(5)33(19-25-13-9-10-16-27(25)31)29(35)20-34(28-17-11-12-22(3)23(28)4)39(37,38)26-14-7-6-8-15-26/h6-17,21,24H,18-20H2,1-5H3,(H,32,36)/t24-/m1/s1. The van der Waals surface area contributed by atoms with Gasteiger partial charge in [0, 0.05) is 18.1 Å². The first kappa shape index (κ1) is 30.2. The summed E-state index contributed by atoms with van der Waals surface area (Å²) in [4.78, 5) is 28.5. The number of rotatable bonds is 11. The highest BCUT2D eigenvalue weighted by Gasteiger charge is 2.33. The van der Waals surface area contributed by atoms with Crippen LogP contribution >= 0.6 is 11.6 Å². The van der Waals surface area contributed by atoms with Gasteiger partial charge in [-0.15, -0.1) is 0 Å². The number of benzene rings is 3. The van der Waals surface area contributed by atoms with Crippen LogP contribution in [0.1, 0.15) is 37.5 Å². The molecule has 0 radical (unpaired) electrons. The molecule has 0 aliphatic carbocycles. The molecule has 0 saturated heterocycles. The summed E-state index contributed by atoms with van der Waals surface area (Å²) < 4.78 is 28.9. The molecule has 1 atom stereocenters. The monoisotopic (exact) mass is 569 g/mol. The van der Waals surface area contributed by atoms with Gasteiger partial charge in [-0.05, 0) is 67.6 Å². The van der Waals surface area contributed by atoms with Crippen molar-refractivity contribution in [2.75, 3.05) is 17.4 Å². The molecule has 0 bridgehead atoms. The molecule has 39 heavy (non-hydrogen) atoms. The summed E-state index contributed by atoms with van der Waals surface area (Å²) in [6.45, 7) is 9.31. The summed E-state index contributed by atoms with van der Waals surface area (Å²) in [6, 6.07) is 19.6. The lowest BCUT2D eigenvalue weighted by Crippen LogP contribution is -2.51. The molecule has 0 unspecified atom stereocenters. The maximum Gasteiger partial charge on any atom is 0.264 e. The molecule has 3 aromatic carbocycles. The Morgan fingerprint density at radius 3 is 2.18 bits per heavy atom. The maximum atomic E-state index is 14.0. The Morgan fingerprint density at radius 2 is 1.54 bits per heavy atom. The van der Waals surface area contributed by atoms with Crippen LogP contribution in [0.25, 0.3) is 0 Å². The predicted molar refractivity (Wildman–Crippen MR) is 156 cm³/mol. The number of sulfonamides is 1. The van der Waals surface area contributed by atoms with Gasteiger partial charge in [-0.25, -0.2) is 8.42 Å². The predicted octanol–water partition coefficient (Wildman–Crippen LogP) is 5.34. The molecule has 1 N–H and O–H groups in total. The Morgan fingerprint density at radius 1 is 0.897 bits per heavy atom. The number of nitrogens with one attached hydrogen (secondary N) is 1. The van der Waals surface area contributed by atoms with Crippen molar-refractivity contribution in [1.82, 2.24) is 10.2 Å². The van der Waals surface area contributed by atoms with Crippen LogP contribution in [0.15, 0.2) is 77.7 Å². The molecule has 7 nitrogen and oxygen atoms in total. The molecular weight excluding hydrogens is 534 g/mol. The van der Waals surface area contributed by atoms with Crippen molar-refractivity contribution in [2.45, 2.75) is 52.1 Å². The van der Waals surface area contributed by atoms with Gasteiger partial charge in [-0.2, -0.15) is 0 Å². The van der Waals surface area contributed by atoms with E-state index in [1.807, 2.05) is 33.8 Å². The summed E-state index contributed by atoms with van der Waals surface area (Å²) in [6.07, 6.45) is 0. The lowest BCUT2D eigenvalue weighted by Gasteiger charge is -2.33. The molecule has 3 rings (SSSR count). The van der Waals surface area contributed by atoms with Crippen LogP contribution in [0.3, 0.4) is 0 Å². The van der Waals surface area contributed by atoms with Gasteiger partial charge in [0.15, 0.2) is 0 Å². The van der Waals surface area contributed by atoms with Crippen molar-refractivity contribution in [3.05, 3.63) is 94.5 Å². The fourth-order valence-electron chi connectivity index (χ4n) is 4.08. The van der Waals surface area contributed by atoms with E-state index in [0.717, 1.165) is 15.4 Å². The van der Waals surface area contributed by atoms with Crippen molar-refractivity contribution in [2.24, 2.45) is 5.92 Å². The van der Waals surface area contributed by atoms with E-state index in [-0.39, 0.29) is 23.3 Å². The zero-order chi connectivity index (χ0) is 28.7. The third-order valence-electron chi connectivity index (χ3n) is 6.61. The molecule has 0 aliphatic rings. The van der Waals surface area contributed by atoms with Gasteiger partial charge in [-0.1, -0.05) is 74.0 Å². The smallest absolute Gasteiger partial charge is 0.264 e. The van der Waals surface area contributed by atoms with E-state index in [2.05, 4.69) is 5.32 Å². The highest BCUT2D eigenvalue weighted by atomic mass is 35.5. The third kappa shape index (κ3) is 7.40. The van der Waals surface area contributed by atoms with E-state index in [0.29, 0.717) is 22.8 Å². The molecular formula is C30H36ClN3O4S. The van der Waals surface area contributed by atoms with Crippen molar-refractivity contribution < 1.29 is 18.0 Å². The van der Waals surface area contributed by atoms with E-state index >= 15 is 0 Å². The number of hydrogen-bond acceptors (Lipinski definition) is 4. The SMILES string of the molecule is Cc1cccc(N(CC(=O)N(Cc2ccccc2Cl)[C@H](C)C(=O)NCC(C)C)S(=O)(=O)c2ccccc2)c1C. The summed E-state index contributed by atoms with van der Waals surface area (Å²) >= 11 is 6.41. The Hall–Kier alpha value is -3.36. The number of amides is 2. The molecule has 0 heterocycles. The van der Waals surface area contributed by atoms with Gasteiger partial charge < -0.3 is 10.2 Å². The molecule has 0 saturated carbocycles. The van der Waals surface area contributed by atoms with Crippen LogP contribution in [-0.2, 0) is 26.2 Å². The minimum absolute atomic E-state index is 0.0425. The number of anilines is 1. The van der Waals surface area contributed by atoms with Crippen molar-refractivity contribution in [3.63, 3.8) is 0 Å². The third-order valence-corrected chi connectivity index (χ3v) is 8.75. The van der Waals surface area contributed by atoms with Crippen LogP contribution in [0.5, 0.6) is 0 Å². The summed E-state index contributed by atoms with van der Waals surface area (Å²) in [5.74, 6) is -0.625. The van der Waals surface area contributed by atoms with Crippen LogP contribution in [-0.4, -0.2) is 44.3 Å². The average Bonchev–Trinajstić information content (AvgIpc) is 2.91. The normalized spacial score (nSPS) is 12.2. The van der Waals surface area contributed by atoms with Crippen molar-refractivity contribution >= 4 is 39.1 Å². The summed E-state index contributed by atoms with van der Waals surface area (Å²) in [5, 5.41) is 3.33. The number of halogens is 1. The molecule has 2 amide bonds. The first-order chi connectivity index (χ1) is 18.4.